The van der Waals surface area contributed by atoms with Crippen LogP contribution >= 0.6 is 0 Å². The Balaban J connectivity index is 1.80. The molecule has 3 nitrogen and oxygen atoms in total. The number of carbonyl (C=O) groups is 1. The summed E-state index contributed by atoms with van der Waals surface area (Å²) in [5, 5.41) is 2.72. The number of benzene rings is 2. The normalized spacial score (nSPS) is 10.7. The highest BCUT2D eigenvalue weighted by Crippen LogP contribution is 2.07. The van der Waals surface area contributed by atoms with Crippen LogP contribution in [-0.4, -0.2) is 12.5 Å². The molecule has 0 aromatic heterocycles. The van der Waals surface area contributed by atoms with E-state index < -0.39 is 0 Å². The van der Waals surface area contributed by atoms with Crippen molar-refractivity contribution in [3.05, 3.63) is 71.6 Å². The molecule has 2 aromatic carbocycles. The maximum Gasteiger partial charge on any atom is 0.244 e. The molecule has 0 radical (unpaired) electrons. The molecule has 3 N–H and O–H groups in total. The van der Waals surface area contributed by atoms with Crippen molar-refractivity contribution in [2.75, 3.05) is 12.3 Å². The summed E-state index contributed by atoms with van der Waals surface area (Å²) in [5.41, 5.74) is 7.76. The second-order valence-electron chi connectivity index (χ2n) is 4.63. The average molecular weight is 284 g/mol. The van der Waals surface area contributed by atoms with E-state index in [4.69, 9.17) is 5.73 Å². The first-order valence-corrected chi connectivity index (χ1v) is 6.70. The predicted octanol–water partition coefficient (Wildman–Crippen LogP) is 2.78. The fourth-order valence-electron chi connectivity index (χ4n) is 1.86. The van der Waals surface area contributed by atoms with E-state index in [9.17, 15) is 9.18 Å². The van der Waals surface area contributed by atoms with Crippen LogP contribution in [-0.2, 0) is 11.2 Å². The lowest BCUT2D eigenvalue weighted by molar-refractivity contribution is -0.116. The Hall–Kier alpha value is -2.62. The van der Waals surface area contributed by atoms with Crippen LogP contribution in [0.2, 0.25) is 0 Å². The number of nitrogens with two attached hydrogens (primary N) is 1. The highest BCUT2D eigenvalue weighted by Gasteiger charge is 2.01. The number of rotatable bonds is 5. The number of amides is 1. The summed E-state index contributed by atoms with van der Waals surface area (Å²) < 4.78 is 13.4. The minimum atomic E-state index is -0.246. The summed E-state index contributed by atoms with van der Waals surface area (Å²) in [6.07, 6.45) is 3.62. The molecule has 108 valence electrons. The van der Waals surface area contributed by atoms with E-state index in [0.717, 1.165) is 5.56 Å². The Bertz CT molecular complexity index is 635. The van der Waals surface area contributed by atoms with Gasteiger partial charge in [-0.1, -0.05) is 30.3 Å². The first-order valence-electron chi connectivity index (χ1n) is 6.70. The van der Waals surface area contributed by atoms with Crippen molar-refractivity contribution in [2.24, 2.45) is 0 Å². The van der Waals surface area contributed by atoms with E-state index in [-0.39, 0.29) is 11.7 Å². The van der Waals surface area contributed by atoms with E-state index in [2.05, 4.69) is 5.32 Å². The lowest BCUT2D eigenvalue weighted by Gasteiger charge is -2.03. The summed E-state index contributed by atoms with van der Waals surface area (Å²) >= 11 is 0. The van der Waals surface area contributed by atoms with Gasteiger partial charge in [-0.15, -0.1) is 0 Å². The zero-order chi connectivity index (χ0) is 15.1. The SMILES string of the molecule is Nc1ccc(/C=C/C(=O)NCCc2ccccc2F)cc1. The number of nitrogen functional groups attached to an aromatic ring is 1. The van der Waals surface area contributed by atoms with E-state index >= 15 is 0 Å². The standard InChI is InChI=1S/C17H17FN2O/c18-16-4-2-1-3-14(16)11-12-20-17(21)10-7-13-5-8-15(19)9-6-13/h1-10H,11-12,19H2,(H,20,21)/b10-7+. The van der Waals surface area contributed by atoms with Gasteiger partial charge >= 0.3 is 0 Å². The number of nitrogens with one attached hydrogen (secondary N) is 1. The van der Waals surface area contributed by atoms with Gasteiger partial charge in [0.15, 0.2) is 0 Å². The van der Waals surface area contributed by atoms with Crippen LogP contribution in [0.3, 0.4) is 0 Å². The summed E-state index contributed by atoms with van der Waals surface area (Å²) in [5.74, 6) is -0.452. The van der Waals surface area contributed by atoms with E-state index in [1.54, 1.807) is 36.4 Å². The van der Waals surface area contributed by atoms with Gasteiger partial charge in [0.2, 0.25) is 5.91 Å². The van der Waals surface area contributed by atoms with Gasteiger partial charge in [0, 0.05) is 18.3 Å². The molecule has 0 unspecified atom stereocenters. The largest absolute Gasteiger partial charge is 0.399 e. The Morgan fingerprint density at radius 2 is 1.86 bits per heavy atom. The van der Waals surface area contributed by atoms with Gasteiger partial charge in [0.25, 0.3) is 0 Å². The number of carbonyl (C=O) groups excluding carboxylic acids is 1. The van der Waals surface area contributed by atoms with Gasteiger partial charge in [0.05, 0.1) is 0 Å². The lowest BCUT2D eigenvalue weighted by atomic mass is 10.1. The van der Waals surface area contributed by atoms with Crippen LogP contribution in [0.15, 0.2) is 54.6 Å². The van der Waals surface area contributed by atoms with Crippen LogP contribution in [0.1, 0.15) is 11.1 Å². The third-order valence-electron chi connectivity index (χ3n) is 3.02. The molecule has 0 bridgehead atoms. The minimum Gasteiger partial charge on any atom is -0.399 e. The predicted molar refractivity (Wildman–Crippen MR) is 83.0 cm³/mol. The van der Waals surface area contributed by atoms with Gasteiger partial charge in [-0.05, 0) is 41.8 Å². The molecule has 0 saturated heterocycles. The van der Waals surface area contributed by atoms with Crippen LogP contribution in [0, 0.1) is 5.82 Å². The molecule has 0 atom stereocenters. The third kappa shape index (κ3) is 4.76. The van der Waals surface area contributed by atoms with Crippen molar-refractivity contribution in [3.63, 3.8) is 0 Å². The fraction of sp³-hybridized carbons (Fsp3) is 0.118. The molecule has 21 heavy (non-hydrogen) atoms. The van der Waals surface area contributed by atoms with Crippen LogP contribution in [0.25, 0.3) is 6.08 Å². The Kier molecular flexibility index (Phi) is 5.10. The molecular weight excluding hydrogens is 267 g/mol. The van der Waals surface area contributed by atoms with Crippen LogP contribution in [0.5, 0.6) is 0 Å². The van der Waals surface area contributed by atoms with Crippen molar-refractivity contribution in [1.82, 2.24) is 5.32 Å². The second kappa shape index (κ2) is 7.24. The monoisotopic (exact) mass is 284 g/mol. The highest BCUT2D eigenvalue weighted by atomic mass is 19.1. The van der Waals surface area contributed by atoms with Gasteiger partial charge < -0.3 is 11.1 Å². The quantitative estimate of drug-likeness (QED) is 0.655. The Morgan fingerprint density at radius 3 is 2.57 bits per heavy atom. The van der Waals surface area contributed by atoms with Crippen molar-refractivity contribution in [3.8, 4) is 0 Å². The molecule has 1 amide bonds. The second-order valence-corrected chi connectivity index (χ2v) is 4.63. The molecular formula is C17H17FN2O. The number of halogens is 1. The maximum absolute atomic E-state index is 13.4. The van der Waals surface area contributed by atoms with Gasteiger partial charge in [-0.3, -0.25) is 4.79 Å². The first kappa shape index (κ1) is 14.8. The zero-order valence-electron chi connectivity index (χ0n) is 11.6. The number of anilines is 1. The molecule has 0 saturated carbocycles. The first-order chi connectivity index (χ1) is 10.1. The third-order valence-corrected chi connectivity index (χ3v) is 3.02. The molecule has 0 spiro atoms. The van der Waals surface area contributed by atoms with Gasteiger partial charge in [-0.25, -0.2) is 4.39 Å². The molecule has 2 aromatic rings. The lowest BCUT2D eigenvalue weighted by Crippen LogP contribution is -2.23. The van der Waals surface area contributed by atoms with Crippen molar-refractivity contribution in [1.29, 1.82) is 0 Å². The van der Waals surface area contributed by atoms with E-state index in [1.165, 1.54) is 12.1 Å². The van der Waals surface area contributed by atoms with Crippen molar-refractivity contribution < 1.29 is 9.18 Å². The van der Waals surface area contributed by atoms with Crippen molar-refractivity contribution >= 4 is 17.7 Å². The van der Waals surface area contributed by atoms with Gasteiger partial charge in [0.1, 0.15) is 5.82 Å². The van der Waals surface area contributed by atoms with E-state index in [0.29, 0.717) is 24.2 Å². The fourth-order valence-corrected chi connectivity index (χ4v) is 1.86. The Morgan fingerprint density at radius 1 is 1.14 bits per heavy atom. The molecule has 2 rings (SSSR count). The zero-order valence-corrected chi connectivity index (χ0v) is 11.6. The highest BCUT2D eigenvalue weighted by molar-refractivity contribution is 5.91. The molecule has 4 heteroatoms. The molecule has 0 aliphatic heterocycles. The summed E-state index contributed by atoms with van der Waals surface area (Å²) in [6, 6.07) is 13.8. The van der Waals surface area contributed by atoms with Crippen molar-refractivity contribution in [2.45, 2.75) is 6.42 Å². The summed E-state index contributed by atoms with van der Waals surface area (Å²) in [7, 11) is 0. The average Bonchev–Trinajstić information content (AvgIpc) is 2.49. The maximum atomic E-state index is 13.4. The molecule has 0 heterocycles. The Labute approximate surface area is 123 Å². The summed E-state index contributed by atoms with van der Waals surface area (Å²) in [4.78, 5) is 11.6. The molecule has 0 aliphatic rings. The van der Waals surface area contributed by atoms with Crippen LogP contribution in [0.4, 0.5) is 10.1 Å². The summed E-state index contributed by atoms with van der Waals surface area (Å²) in [6.45, 7) is 0.395. The van der Waals surface area contributed by atoms with Gasteiger partial charge in [-0.2, -0.15) is 0 Å². The topological polar surface area (TPSA) is 55.1 Å². The minimum absolute atomic E-state index is 0.205. The number of hydrogen-bond donors (Lipinski definition) is 2. The van der Waals surface area contributed by atoms with Crippen LogP contribution < -0.4 is 11.1 Å². The number of hydrogen-bond acceptors (Lipinski definition) is 2. The van der Waals surface area contributed by atoms with E-state index in [1.807, 2.05) is 12.1 Å². The molecule has 0 aliphatic carbocycles. The molecule has 0 fully saturated rings. The smallest absolute Gasteiger partial charge is 0.244 e.